The molecule has 5 unspecified atom stereocenters. The number of imidazole rings is 1. The van der Waals surface area contributed by atoms with Crippen molar-refractivity contribution in [1.29, 1.82) is 0 Å². The average Bonchev–Trinajstić information content (AvgIpc) is 3.39. The molecular weight excluding hydrogens is 496 g/mol. The van der Waals surface area contributed by atoms with Gasteiger partial charge in [-0.3, -0.25) is 19.2 Å². The molecule has 2 aromatic rings. The van der Waals surface area contributed by atoms with Gasteiger partial charge in [-0.15, -0.1) is 0 Å². The monoisotopic (exact) mass is 530 g/mol. The van der Waals surface area contributed by atoms with Crippen molar-refractivity contribution in [2.24, 2.45) is 11.7 Å². The number of amides is 3. The smallest absolute Gasteiger partial charge is 0.326 e. The van der Waals surface area contributed by atoms with Crippen LogP contribution in [0.5, 0.6) is 0 Å². The highest BCUT2D eigenvalue weighted by Crippen LogP contribution is 2.09. The zero-order valence-corrected chi connectivity index (χ0v) is 21.2. The van der Waals surface area contributed by atoms with Crippen molar-refractivity contribution in [1.82, 2.24) is 25.9 Å². The van der Waals surface area contributed by atoms with E-state index in [0.29, 0.717) is 17.7 Å². The van der Waals surface area contributed by atoms with Crippen LogP contribution in [0.3, 0.4) is 0 Å². The van der Waals surface area contributed by atoms with Gasteiger partial charge >= 0.3 is 11.9 Å². The molecule has 0 aliphatic heterocycles. The molecule has 0 aliphatic carbocycles. The van der Waals surface area contributed by atoms with E-state index >= 15 is 0 Å². The molecule has 1 heterocycles. The lowest BCUT2D eigenvalue weighted by Crippen LogP contribution is -2.58. The Labute approximate surface area is 219 Å². The van der Waals surface area contributed by atoms with Crippen molar-refractivity contribution in [3.8, 4) is 0 Å². The number of carbonyl (C=O) groups excluding carboxylic acids is 3. The van der Waals surface area contributed by atoms with Crippen molar-refractivity contribution in [2.45, 2.75) is 63.7 Å². The molecule has 13 heteroatoms. The molecule has 13 nitrogen and oxygen atoms in total. The molecule has 8 N–H and O–H groups in total. The van der Waals surface area contributed by atoms with Gasteiger partial charge in [0.2, 0.25) is 17.7 Å². The molecule has 0 spiro atoms. The maximum Gasteiger partial charge on any atom is 0.326 e. The SMILES string of the molecule is CCC(C)C(N)C(=O)NC(Cc1ccccc1)C(=O)NC(CC(=O)O)C(=O)NC(Cc1cnc[nH]1)C(=O)O. The molecule has 38 heavy (non-hydrogen) atoms. The lowest BCUT2D eigenvalue weighted by atomic mass is 9.98. The Balaban J connectivity index is 2.22. The van der Waals surface area contributed by atoms with Crippen molar-refractivity contribution >= 4 is 29.7 Å². The van der Waals surface area contributed by atoms with Gasteiger partial charge < -0.3 is 36.9 Å². The van der Waals surface area contributed by atoms with Crippen molar-refractivity contribution in [3.63, 3.8) is 0 Å². The number of carboxylic acids is 2. The summed E-state index contributed by atoms with van der Waals surface area (Å²) in [4.78, 5) is 68.6. The number of carbonyl (C=O) groups is 5. The predicted molar refractivity (Wildman–Crippen MR) is 136 cm³/mol. The largest absolute Gasteiger partial charge is 0.481 e. The Hall–Kier alpha value is -4.26. The number of carboxylic acid groups (broad SMARTS) is 2. The van der Waals surface area contributed by atoms with Crippen LogP contribution in [0.1, 0.15) is 37.9 Å². The first-order valence-electron chi connectivity index (χ1n) is 12.1. The van der Waals surface area contributed by atoms with E-state index in [4.69, 9.17) is 5.73 Å². The molecule has 5 atom stereocenters. The maximum atomic E-state index is 13.2. The number of nitrogens with zero attached hydrogens (tertiary/aromatic N) is 1. The molecular formula is C25H34N6O7. The normalized spacial score (nSPS) is 14.8. The molecule has 3 amide bonds. The number of nitrogens with two attached hydrogens (primary N) is 1. The second-order valence-electron chi connectivity index (χ2n) is 9.00. The van der Waals surface area contributed by atoms with Crippen LogP contribution >= 0.6 is 0 Å². The van der Waals surface area contributed by atoms with Gasteiger partial charge in [-0.2, -0.15) is 0 Å². The van der Waals surface area contributed by atoms with Gasteiger partial charge in [0.25, 0.3) is 0 Å². The van der Waals surface area contributed by atoms with Gasteiger partial charge in [-0.1, -0.05) is 50.6 Å². The summed E-state index contributed by atoms with van der Waals surface area (Å²) < 4.78 is 0. The lowest BCUT2D eigenvalue weighted by molar-refractivity contribution is -0.143. The third-order valence-corrected chi connectivity index (χ3v) is 6.08. The molecule has 0 saturated carbocycles. The molecule has 0 aliphatic rings. The first kappa shape index (κ1) is 30.0. The van der Waals surface area contributed by atoms with E-state index in [0.717, 1.165) is 0 Å². The molecule has 0 bridgehead atoms. The fraction of sp³-hybridized carbons (Fsp3) is 0.440. The zero-order valence-electron chi connectivity index (χ0n) is 21.2. The van der Waals surface area contributed by atoms with Gasteiger partial charge in [0.05, 0.1) is 18.8 Å². The molecule has 2 rings (SSSR count). The number of rotatable bonds is 15. The Morgan fingerprint density at radius 1 is 0.921 bits per heavy atom. The summed E-state index contributed by atoms with van der Waals surface area (Å²) in [7, 11) is 0. The van der Waals surface area contributed by atoms with Gasteiger partial charge in [0, 0.05) is 24.7 Å². The minimum absolute atomic E-state index is 0.0463. The van der Waals surface area contributed by atoms with E-state index in [1.54, 1.807) is 37.3 Å². The fourth-order valence-corrected chi connectivity index (χ4v) is 3.58. The molecule has 0 radical (unpaired) electrons. The molecule has 1 aromatic heterocycles. The van der Waals surface area contributed by atoms with Gasteiger partial charge in [-0.25, -0.2) is 9.78 Å². The van der Waals surface area contributed by atoms with Crippen molar-refractivity contribution in [3.05, 3.63) is 54.1 Å². The second-order valence-corrected chi connectivity index (χ2v) is 9.00. The van der Waals surface area contributed by atoms with Crippen LogP contribution in [0.25, 0.3) is 0 Å². The summed E-state index contributed by atoms with van der Waals surface area (Å²) in [5.41, 5.74) is 7.15. The Morgan fingerprint density at radius 3 is 2.08 bits per heavy atom. The van der Waals surface area contributed by atoms with Crippen LogP contribution in [0, 0.1) is 5.92 Å². The number of H-pyrrole nitrogens is 1. The number of aliphatic carboxylic acids is 2. The van der Waals surface area contributed by atoms with Crippen LogP contribution < -0.4 is 21.7 Å². The van der Waals surface area contributed by atoms with E-state index in [-0.39, 0.29) is 18.8 Å². The van der Waals surface area contributed by atoms with E-state index in [1.165, 1.54) is 12.5 Å². The minimum atomic E-state index is -1.61. The van der Waals surface area contributed by atoms with Crippen LogP contribution in [-0.4, -0.2) is 74.0 Å². The average molecular weight is 531 g/mol. The Kier molecular flexibility index (Phi) is 11.4. The standard InChI is InChI=1S/C25H34N6O7/c1-3-14(2)21(26)24(36)30-17(9-15-7-5-4-6-8-15)22(34)29-18(11-20(32)33)23(35)31-19(25(37)38)10-16-12-27-13-28-16/h4-8,12-14,17-19,21H,3,9-11,26H2,1-2H3,(H,27,28)(H,29,34)(H,30,36)(H,31,35)(H,32,33)(H,37,38). The Morgan fingerprint density at radius 2 is 1.53 bits per heavy atom. The summed E-state index contributed by atoms with van der Waals surface area (Å²) in [6.07, 6.45) is 2.46. The van der Waals surface area contributed by atoms with E-state index in [9.17, 15) is 34.2 Å². The second kappa shape index (κ2) is 14.5. The topological polar surface area (TPSA) is 217 Å². The predicted octanol–water partition coefficient (Wildman–Crippen LogP) is -0.418. The third-order valence-electron chi connectivity index (χ3n) is 6.08. The molecule has 0 saturated heterocycles. The molecule has 206 valence electrons. The lowest BCUT2D eigenvalue weighted by Gasteiger charge is -2.25. The van der Waals surface area contributed by atoms with Crippen LogP contribution in [0.4, 0.5) is 0 Å². The highest BCUT2D eigenvalue weighted by molar-refractivity contribution is 5.95. The Bertz CT molecular complexity index is 1090. The summed E-state index contributed by atoms with van der Waals surface area (Å²) in [5, 5.41) is 26.1. The van der Waals surface area contributed by atoms with Gasteiger partial charge in [0.1, 0.15) is 18.1 Å². The van der Waals surface area contributed by atoms with E-state index < -0.39 is 60.2 Å². The first-order valence-corrected chi connectivity index (χ1v) is 12.1. The van der Waals surface area contributed by atoms with Gasteiger partial charge in [0.15, 0.2) is 0 Å². The van der Waals surface area contributed by atoms with Crippen LogP contribution in [0.2, 0.25) is 0 Å². The minimum Gasteiger partial charge on any atom is -0.481 e. The number of hydrogen-bond donors (Lipinski definition) is 7. The number of aromatic nitrogens is 2. The van der Waals surface area contributed by atoms with Crippen LogP contribution in [0.15, 0.2) is 42.9 Å². The summed E-state index contributed by atoms with van der Waals surface area (Å²) in [6.45, 7) is 3.67. The number of nitrogens with one attached hydrogen (secondary N) is 4. The maximum absolute atomic E-state index is 13.2. The van der Waals surface area contributed by atoms with Crippen LogP contribution in [-0.2, 0) is 36.8 Å². The number of aromatic amines is 1. The zero-order chi connectivity index (χ0) is 28.2. The highest BCUT2D eigenvalue weighted by Gasteiger charge is 2.32. The summed E-state index contributed by atoms with van der Waals surface area (Å²) in [6, 6.07) is 3.70. The van der Waals surface area contributed by atoms with E-state index in [1.807, 2.05) is 6.92 Å². The molecule has 1 aromatic carbocycles. The summed E-state index contributed by atoms with van der Waals surface area (Å²) >= 11 is 0. The van der Waals surface area contributed by atoms with Crippen molar-refractivity contribution in [2.75, 3.05) is 0 Å². The third kappa shape index (κ3) is 9.32. The highest BCUT2D eigenvalue weighted by atomic mass is 16.4. The summed E-state index contributed by atoms with van der Waals surface area (Å²) in [5.74, 6) is -5.31. The fourth-order valence-electron chi connectivity index (χ4n) is 3.58. The molecule has 0 fully saturated rings. The first-order chi connectivity index (χ1) is 18.0. The number of benzene rings is 1. The van der Waals surface area contributed by atoms with E-state index in [2.05, 4.69) is 25.9 Å². The quantitative estimate of drug-likeness (QED) is 0.159. The number of hydrogen-bond acceptors (Lipinski definition) is 7. The van der Waals surface area contributed by atoms with Crippen molar-refractivity contribution < 1.29 is 34.2 Å². The van der Waals surface area contributed by atoms with Gasteiger partial charge in [-0.05, 0) is 11.5 Å².